The molecule has 7 heteroatoms. The van der Waals surface area contributed by atoms with E-state index in [1.165, 1.54) is 6.92 Å². The molecule has 2 amide bonds. The number of rotatable bonds is 4. The summed E-state index contributed by atoms with van der Waals surface area (Å²) in [6, 6.07) is -1.70. The highest BCUT2D eigenvalue weighted by Gasteiger charge is 2.39. The maximum absolute atomic E-state index is 12.3. The molecule has 1 N–H and O–H groups in total. The van der Waals surface area contributed by atoms with E-state index in [-0.39, 0.29) is 6.54 Å². The summed E-state index contributed by atoms with van der Waals surface area (Å²) in [4.78, 5) is 24.3. The van der Waals surface area contributed by atoms with E-state index in [9.17, 15) is 22.8 Å². The summed E-state index contributed by atoms with van der Waals surface area (Å²) < 4.78 is 36.9. The van der Waals surface area contributed by atoms with Crippen LogP contribution in [0.5, 0.6) is 0 Å². The van der Waals surface area contributed by atoms with Crippen LogP contribution in [0.3, 0.4) is 0 Å². The number of carbonyl (C=O) groups excluding carboxylic acids is 2. The fraction of sp³-hybridized carbons (Fsp3) is 0.818. The molecule has 0 aromatic rings. The van der Waals surface area contributed by atoms with Gasteiger partial charge in [0, 0.05) is 6.04 Å². The van der Waals surface area contributed by atoms with Crippen molar-refractivity contribution in [1.29, 1.82) is 0 Å². The first kappa shape index (κ1) is 14.8. The Bertz CT molecular complexity index is 331. The molecule has 104 valence electrons. The average molecular weight is 266 g/mol. The Morgan fingerprint density at radius 3 is 2.56 bits per heavy atom. The molecule has 0 aliphatic carbocycles. The molecule has 1 saturated heterocycles. The molecular weight excluding hydrogens is 249 g/mol. The Balaban J connectivity index is 2.74. The van der Waals surface area contributed by atoms with E-state index in [0.29, 0.717) is 12.8 Å². The fourth-order valence-corrected chi connectivity index (χ4v) is 2.04. The predicted octanol–water partition coefficient (Wildman–Crippen LogP) is 1.45. The van der Waals surface area contributed by atoms with Crippen molar-refractivity contribution in [1.82, 2.24) is 10.2 Å². The second-order valence-electron chi connectivity index (χ2n) is 4.54. The van der Waals surface area contributed by atoms with Crippen LogP contribution in [0.25, 0.3) is 0 Å². The Hall–Kier alpha value is -1.27. The van der Waals surface area contributed by atoms with Gasteiger partial charge in [0.25, 0.3) is 0 Å². The number of piperazine rings is 1. The maximum atomic E-state index is 12.3. The standard InChI is InChI=1S/C11H17F3N2O2/c1-3-4-8-10(18)16(6-9(17)15-8)7(2)5-11(12,13)14/h7-8H,3-6H2,1-2H3,(H,15,17). The fourth-order valence-electron chi connectivity index (χ4n) is 2.04. The molecular formula is C11H17F3N2O2. The number of halogens is 3. The highest BCUT2D eigenvalue weighted by Crippen LogP contribution is 2.25. The number of alkyl halides is 3. The van der Waals surface area contributed by atoms with Gasteiger partial charge in [0.2, 0.25) is 11.8 Å². The van der Waals surface area contributed by atoms with Crippen LogP contribution in [0, 0.1) is 0 Å². The molecule has 18 heavy (non-hydrogen) atoms. The first-order chi connectivity index (χ1) is 8.24. The van der Waals surface area contributed by atoms with E-state index in [2.05, 4.69) is 5.32 Å². The molecule has 0 radical (unpaired) electrons. The van der Waals surface area contributed by atoms with Crippen molar-refractivity contribution in [2.24, 2.45) is 0 Å². The highest BCUT2D eigenvalue weighted by molar-refractivity contribution is 5.94. The number of nitrogens with one attached hydrogen (secondary N) is 1. The first-order valence-corrected chi connectivity index (χ1v) is 5.91. The van der Waals surface area contributed by atoms with Crippen LogP contribution in [0.2, 0.25) is 0 Å². The van der Waals surface area contributed by atoms with E-state index >= 15 is 0 Å². The highest BCUT2D eigenvalue weighted by atomic mass is 19.4. The van der Waals surface area contributed by atoms with Gasteiger partial charge in [-0.15, -0.1) is 0 Å². The lowest BCUT2D eigenvalue weighted by Crippen LogP contribution is -2.60. The lowest BCUT2D eigenvalue weighted by Gasteiger charge is -2.36. The van der Waals surface area contributed by atoms with Gasteiger partial charge in [0.1, 0.15) is 6.04 Å². The van der Waals surface area contributed by atoms with Gasteiger partial charge < -0.3 is 10.2 Å². The van der Waals surface area contributed by atoms with Crippen LogP contribution < -0.4 is 5.32 Å². The number of carbonyl (C=O) groups is 2. The number of amides is 2. The third-order valence-corrected chi connectivity index (χ3v) is 2.87. The topological polar surface area (TPSA) is 49.4 Å². The monoisotopic (exact) mass is 266 g/mol. The first-order valence-electron chi connectivity index (χ1n) is 5.91. The Kier molecular flexibility index (Phi) is 4.59. The number of hydrogen-bond acceptors (Lipinski definition) is 2. The van der Waals surface area contributed by atoms with E-state index in [0.717, 1.165) is 4.90 Å². The molecule has 0 saturated carbocycles. The number of hydrogen-bond donors (Lipinski definition) is 1. The largest absolute Gasteiger partial charge is 0.391 e. The van der Waals surface area contributed by atoms with Crippen molar-refractivity contribution in [2.75, 3.05) is 6.54 Å². The van der Waals surface area contributed by atoms with Gasteiger partial charge in [0.05, 0.1) is 13.0 Å². The van der Waals surface area contributed by atoms with Crippen LogP contribution >= 0.6 is 0 Å². The zero-order valence-electron chi connectivity index (χ0n) is 10.4. The summed E-state index contributed by atoms with van der Waals surface area (Å²) in [5.41, 5.74) is 0. The molecule has 0 aromatic heterocycles. The van der Waals surface area contributed by atoms with Gasteiger partial charge in [-0.2, -0.15) is 13.2 Å². The van der Waals surface area contributed by atoms with Gasteiger partial charge in [-0.3, -0.25) is 9.59 Å². The average Bonchev–Trinajstić information content (AvgIpc) is 2.20. The normalized spacial score (nSPS) is 22.9. The van der Waals surface area contributed by atoms with E-state index in [1.54, 1.807) is 0 Å². The van der Waals surface area contributed by atoms with Gasteiger partial charge in [-0.05, 0) is 13.3 Å². The van der Waals surface area contributed by atoms with E-state index in [4.69, 9.17) is 0 Å². The minimum Gasteiger partial charge on any atom is -0.343 e. The van der Waals surface area contributed by atoms with Crippen molar-refractivity contribution >= 4 is 11.8 Å². The summed E-state index contributed by atoms with van der Waals surface area (Å²) in [5, 5.41) is 2.50. The molecule has 2 atom stereocenters. The summed E-state index contributed by atoms with van der Waals surface area (Å²) in [7, 11) is 0. The van der Waals surface area contributed by atoms with Gasteiger partial charge in [-0.1, -0.05) is 13.3 Å². The SMILES string of the molecule is CCCC1NC(=O)CN(C(C)CC(F)(F)F)C1=O. The minimum atomic E-state index is -4.34. The second kappa shape index (κ2) is 5.58. The van der Waals surface area contributed by atoms with Crippen molar-refractivity contribution in [3.05, 3.63) is 0 Å². The predicted molar refractivity (Wildman–Crippen MR) is 58.7 cm³/mol. The van der Waals surface area contributed by atoms with E-state index < -0.39 is 36.5 Å². The number of nitrogens with zero attached hydrogens (tertiary/aromatic N) is 1. The zero-order chi connectivity index (χ0) is 13.9. The van der Waals surface area contributed by atoms with Crippen molar-refractivity contribution in [3.8, 4) is 0 Å². The van der Waals surface area contributed by atoms with Crippen molar-refractivity contribution < 1.29 is 22.8 Å². The van der Waals surface area contributed by atoms with Crippen LogP contribution in [-0.2, 0) is 9.59 Å². The summed E-state index contributed by atoms with van der Waals surface area (Å²) >= 11 is 0. The van der Waals surface area contributed by atoms with Crippen LogP contribution in [0.4, 0.5) is 13.2 Å². The van der Waals surface area contributed by atoms with Crippen molar-refractivity contribution in [3.63, 3.8) is 0 Å². The smallest absolute Gasteiger partial charge is 0.343 e. The molecule has 1 fully saturated rings. The Labute approximate surface area is 104 Å². The molecule has 1 aliphatic rings. The molecule has 1 rings (SSSR count). The minimum absolute atomic E-state index is 0.295. The van der Waals surface area contributed by atoms with Crippen LogP contribution in [-0.4, -0.2) is 41.5 Å². The van der Waals surface area contributed by atoms with Crippen LogP contribution in [0.15, 0.2) is 0 Å². The maximum Gasteiger partial charge on any atom is 0.391 e. The molecule has 1 heterocycles. The molecule has 0 aromatic carbocycles. The van der Waals surface area contributed by atoms with E-state index in [1.807, 2.05) is 6.92 Å². The molecule has 0 bridgehead atoms. The van der Waals surface area contributed by atoms with Gasteiger partial charge in [0.15, 0.2) is 0 Å². The summed E-state index contributed by atoms with van der Waals surface area (Å²) in [6.45, 7) is 2.86. The molecule has 4 nitrogen and oxygen atoms in total. The molecule has 2 unspecified atom stereocenters. The summed E-state index contributed by atoms with van der Waals surface area (Å²) in [5.74, 6) is -0.824. The zero-order valence-corrected chi connectivity index (χ0v) is 10.4. The third-order valence-electron chi connectivity index (χ3n) is 2.87. The third kappa shape index (κ3) is 3.89. The molecule has 0 spiro atoms. The van der Waals surface area contributed by atoms with Crippen molar-refractivity contribution in [2.45, 2.75) is 51.4 Å². The Morgan fingerprint density at radius 2 is 2.06 bits per heavy atom. The quantitative estimate of drug-likeness (QED) is 0.837. The lowest BCUT2D eigenvalue weighted by molar-refractivity contribution is -0.160. The summed E-state index contributed by atoms with van der Waals surface area (Å²) in [6.07, 6.45) is -4.31. The lowest BCUT2D eigenvalue weighted by atomic mass is 10.1. The van der Waals surface area contributed by atoms with Gasteiger partial charge in [-0.25, -0.2) is 0 Å². The van der Waals surface area contributed by atoms with Crippen LogP contribution in [0.1, 0.15) is 33.1 Å². The van der Waals surface area contributed by atoms with Gasteiger partial charge >= 0.3 is 6.18 Å². The Morgan fingerprint density at radius 1 is 1.44 bits per heavy atom. The second-order valence-corrected chi connectivity index (χ2v) is 4.54. The molecule has 1 aliphatic heterocycles.